The summed E-state index contributed by atoms with van der Waals surface area (Å²) in [6.07, 6.45) is 0. The molecule has 0 aliphatic rings. The molecule has 0 fully saturated rings. The molecule has 0 heterocycles. The van der Waals surface area contributed by atoms with Gasteiger partial charge >= 0.3 is 5.97 Å². The Labute approximate surface area is 113 Å². The van der Waals surface area contributed by atoms with Gasteiger partial charge in [-0.05, 0) is 45.0 Å². The number of esters is 1. The van der Waals surface area contributed by atoms with Gasteiger partial charge in [0.05, 0.1) is 5.92 Å². The van der Waals surface area contributed by atoms with E-state index in [4.69, 9.17) is 9.84 Å². The Morgan fingerprint density at radius 3 is 2.39 bits per heavy atom. The molecule has 1 N–H and O–H groups in total. The zero-order valence-corrected chi connectivity index (χ0v) is 12.1. The maximum Gasteiger partial charge on any atom is 0.310 e. The third-order valence-electron chi connectivity index (χ3n) is 2.15. The largest absolute Gasteiger partial charge is 0.508 e. The molecular weight excluding hydrogens is 248 g/mol. The third-order valence-corrected chi connectivity index (χ3v) is 3.42. The standard InChI is InChI=1S/C14H20O3S/c1-10(13(16)17-14(2,3)4)9-18-12-7-5-11(15)6-8-12/h5-8,10,15H,9H2,1-4H3. The Kier molecular flexibility index (Phi) is 5.08. The number of hydrogen-bond donors (Lipinski definition) is 1. The highest BCUT2D eigenvalue weighted by atomic mass is 32.2. The van der Waals surface area contributed by atoms with Gasteiger partial charge in [0.2, 0.25) is 0 Å². The molecule has 0 spiro atoms. The second kappa shape index (κ2) is 6.14. The highest BCUT2D eigenvalue weighted by Crippen LogP contribution is 2.24. The minimum absolute atomic E-state index is 0.150. The van der Waals surface area contributed by atoms with Gasteiger partial charge in [0.25, 0.3) is 0 Å². The van der Waals surface area contributed by atoms with E-state index in [1.54, 1.807) is 23.9 Å². The van der Waals surface area contributed by atoms with Crippen LogP contribution in [0.25, 0.3) is 0 Å². The van der Waals surface area contributed by atoms with Crippen LogP contribution in [0.15, 0.2) is 29.2 Å². The second-order valence-corrected chi connectivity index (χ2v) is 6.33. The van der Waals surface area contributed by atoms with Crippen molar-refractivity contribution >= 4 is 17.7 Å². The summed E-state index contributed by atoms with van der Waals surface area (Å²) in [5.74, 6) is 0.594. The van der Waals surface area contributed by atoms with Crippen LogP contribution in [-0.4, -0.2) is 22.4 Å². The lowest BCUT2D eigenvalue weighted by Crippen LogP contribution is -2.28. The van der Waals surface area contributed by atoms with Gasteiger partial charge in [0.1, 0.15) is 11.4 Å². The first-order valence-electron chi connectivity index (χ1n) is 5.92. The van der Waals surface area contributed by atoms with Crippen molar-refractivity contribution in [3.05, 3.63) is 24.3 Å². The predicted molar refractivity (Wildman–Crippen MR) is 73.8 cm³/mol. The highest BCUT2D eigenvalue weighted by Gasteiger charge is 2.21. The molecule has 0 saturated heterocycles. The smallest absolute Gasteiger partial charge is 0.310 e. The molecule has 1 aromatic carbocycles. The van der Waals surface area contributed by atoms with Crippen LogP contribution in [0, 0.1) is 5.92 Å². The van der Waals surface area contributed by atoms with E-state index in [1.807, 2.05) is 39.8 Å². The zero-order chi connectivity index (χ0) is 13.8. The van der Waals surface area contributed by atoms with E-state index in [-0.39, 0.29) is 17.6 Å². The summed E-state index contributed by atoms with van der Waals surface area (Å²) < 4.78 is 5.31. The van der Waals surface area contributed by atoms with Gasteiger partial charge in [0, 0.05) is 10.6 Å². The summed E-state index contributed by atoms with van der Waals surface area (Å²) >= 11 is 1.58. The SMILES string of the molecule is CC(CSc1ccc(O)cc1)C(=O)OC(C)(C)C. The fourth-order valence-electron chi connectivity index (χ4n) is 1.23. The molecule has 1 rings (SSSR count). The topological polar surface area (TPSA) is 46.5 Å². The highest BCUT2D eigenvalue weighted by molar-refractivity contribution is 7.99. The lowest BCUT2D eigenvalue weighted by Gasteiger charge is -2.22. The van der Waals surface area contributed by atoms with Crippen molar-refractivity contribution in [2.45, 2.75) is 38.2 Å². The number of carbonyl (C=O) groups excluding carboxylic acids is 1. The summed E-state index contributed by atoms with van der Waals surface area (Å²) in [6.45, 7) is 7.46. The van der Waals surface area contributed by atoms with Crippen molar-refractivity contribution in [1.82, 2.24) is 0 Å². The Balaban J connectivity index is 2.43. The van der Waals surface area contributed by atoms with E-state index < -0.39 is 5.60 Å². The number of aromatic hydroxyl groups is 1. The Morgan fingerprint density at radius 2 is 1.89 bits per heavy atom. The first-order valence-corrected chi connectivity index (χ1v) is 6.91. The van der Waals surface area contributed by atoms with E-state index in [9.17, 15) is 4.79 Å². The first-order chi connectivity index (χ1) is 8.28. The number of carbonyl (C=O) groups is 1. The quantitative estimate of drug-likeness (QED) is 0.671. The number of rotatable bonds is 4. The normalized spacial score (nSPS) is 13.1. The van der Waals surface area contributed by atoms with E-state index >= 15 is 0 Å². The Morgan fingerprint density at radius 1 is 1.33 bits per heavy atom. The first kappa shape index (κ1) is 14.9. The van der Waals surface area contributed by atoms with E-state index in [1.165, 1.54) is 0 Å². The molecule has 18 heavy (non-hydrogen) atoms. The van der Waals surface area contributed by atoms with Crippen LogP contribution in [0.2, 0.25) is 0 Å². The molecule has 0 radical (unpaired) electrons. The third kappa shape index (κ3) is 5.45. The molecular formula is C14H20O3S. The van der Waals surface area contributed by atoms with Gasteiger partial charge in [-0.1, -0.05) is 6.92 Å². The molecule has 0 bridgehead atoms. The van der Waals surface area contributed by atoms with Crippen LogP contribution < -0.4 is 0 Å². The molecule has 1 atom stereocenters. The summed E-state index contributed by atoms with van der Waals surface area (Å²) in [7, 11) is 0. The van der Waals surface area contributed by atoms with Crippen molar-refractivity contribution in [2.75, 3.05) is 5.75 Å². The second-order valence-electron chi connectivity index (χ2n) is 5.24. The summed E-state index contributed by atoms with van der Waals surface area (Å²) in [4.78, 5) is 12.8. The average molecular weight is 268 g/mol. The minimum atomic E-state index is -0.436. The van der Waals surface area contributed by atoms with Crippen molar-refractivity contribution in [2.24, 2.45) is 5.92 Å². The van der Waals surface area contributed by atoms with Crippen LogP contribution in [-0.2, 0) is 9.53 Å². The Bertz CT molecular complexity index is 392. The van der Waals surface area contributed by atoms with Crippen LogP contribution in [0.4, 0.5) is 0 Å². The average Bonchev–Trinajstić information content (AvgIpc) is 2.25. The molecule has 1 aromatic rings. The van der Waals surface area contributed by atoms with Crippen LogP contribution in [0.1, 0.15) is 27.7 Å². The zero-order valence-electron chi connectivity index (χ0n) is 11.3. The number of hydrogen-bond acceptors (Lipinski definition) is 4. The predicted octanol–water partition coefficient (Wildman–Crippen LogP) is 3.46. The van der Waals surface area contributed by atoms with Gasteiger partial charge in [-0.25, -0.2) is 0 Å². The minimum Gasteiger partial charge on any atom is -0.508 e. The lowest BCUT2D eigenvalue weighted by atomic mass is 10.1. The van der Waals surface area contributed by atoms with Crippen LogP contribution in [0.3, 0.4) is 0 Å². The maximum atomic E-state index is 11.8. The van der Waals surface area contributed by atoms with Gasteiger partial charge in [-0.15, -0.1) is 11.8 Å². The summed E-state index contributed by atoms with van der Waals surface area (Å²) in [5.41, 5.74) is -0.436. The maximum absolute atomic E-state index is 11.8. The number of ether oxygens (including phenoxy) is 1. The number of benzene rings is 1. The van der Waals surface area contributed by atoms with Crippen LogP contribution in [0.5, 0.6) is 5.75 Å². The Hall–Kier alpha value is -1.16. The molecule has 0 amide bonds. The number of phenols is 1. The van der Waals surface area contributed by atoms with Gasteiger partial charge in [-0.3, -0.25) is 4.79 Å². The van der Waals surface area contributed by atoms with Crippen molar-refractivity contribution in [3.63, 3.8) is 0 Å². The van der Waals surface area contributed by atoms with E-state index in [0.29, 0.717) is 5.75 Å². The monoisotopic (exact) mass is 268 g/mol. The molecule has 1 unspecified atom stereocenters. The molecule has 4 heteroatoms. The van der Waals surface area contributed by atoms with Gasteiger partial charge in [-0.2, -0.15) is 0 Å². The molecule has 100 valence electrons. The van der Waals surface area contributed by atoms with Crippen LogP contribution >= 0.6 is 11.8 Å². The van der Waals surface area contributed by atoms with Crippen molar-refractivity contribution in [1.29, 1.82) is 0 Å². The van der Waals surface area contributed by atoms with E-state index in [0.717, 1.165) is 4.90 Å². The van der Waals surface area contributed by atoms with Crippen molar-refractivity contribution < 1.29 is 14.6 Å². The van der Waals surface area contributed by atoms with Gasteiger partial charge in [0.15, 0.2) is 0 Å². The molecule has 0 aliphatic heterocycles. The summed E-state index contributed by atoms with van der Waals surface area (Å²) in [5, 5.41) is 9.17. The fraction of sp³-hybridized carbons (Fsp3) is 0.500. The van der Waals surface area contributed by atoms with Gasteiger partial charge < -0.3 is 9.84 Å². The lowest BCUT2D eigenvalue weighted by molar-refractivity contribution is -0.158. The fourth-order valence-corrected chi connectivity index (χ4v) is 2.14. The molecule has 0 aromatic heterocycles. The number of thioether (sulfide) groups is 1. The van der Waals surface area contributed by atoms with Crippen molar-refractivity contribution in [3.8, 4) is 5.75 Å². The molecule has 3 nitrogen and oxygen atoms in total. The molecule has 0 aliphatic carbocycles. The molecule has 0 saturated carbocycles. The summed E-state index contributed by atoms with van der Waals surface area (Å²) in [6, 6.07) is 6.95. The van der Waals surface area contributed by atoms with E-state index in [2.05, 4.69) is 0 Å². The number of phenolic OH excluding ortho intramolecular Hbond substituents is 1.